The molecule has 0 spiro atoms. The summed E-state index contributed by atoms with van der Waals surface area (Å²) < 4.78 is 0. The number of nitrogens with one attached hydrogen (secondary N) is 1. The lowest BCUT2D eigenvalue weighted by Gasteiger charge is -2.16. The number of aryl methyl sites for hydroxylation is 1. The van der Waals surface area contributed by atoms with E-state index in [9.17, 15) is 0 Å². The summed E-state index contributed by atoms with van der Waals surface area (Å²) >= 11 is 0. The maximum absolute atomic E-state index is 4.20. The van der Waals surface area contributed by atoms with Crippen molar-refractivity contribution < 1.29 is 0 Å². The quantitative estimate of drug-likeness (QED) is 0.813. The highest BCUT2D eigenvalue weighted by molar-refractivity contribution is 5.16. The Bertz CT molecular complexity index is 452. The van der Waals surface area contributed by atoms with E-state index < -0.39 is 0 Å². The smallest absolute Gasteiger partial charge is 0.176 e. The highest BCUT2D eigenvalue weighted by Crippen LogP contribution is 2.15. The molecule has 6 heteroatoms. The topological polar surface area (TPSA) is 68.5 Å². The lowest BCUT2D eigenvalue weighted by Crippen LogP contribution is -2.23. The summed E-state index contributed by atoms with van der Waals surface area (Å²) in [5.41, 5.74) is 1.19. The number of aromatic nitrogens is 5. The standard InChI is InChI=1S/C11H16N6/c1-3-13-10(9-4-6-12-7-5-9)8-11-14-16-17(2)15-11/h4-7,10,13H,3,8H2,1-2H3. The molecule has 17 heavy (non-hydrogen) atoms. The van der Waals surface area contributed by atoms with Crippen LogP contribution in [-0.4, -0.2) is 31.7 Å². The minimum atomic E-state index is 0.201. The molecule has 0 radical (unpaired) electrons. The average molecular weight is 232 g/mol. The summed E-state index contributed by atoms with van der Waals surface area (Å²) in [4.78, 5) is 5.50. The van der Waals surface area contributed by atoms with Gasteiger partial charge in [0.15, 0.2) is 5.82 Å². The molecule has 0 aliphatic heterocycles. The number of nitrogens with zero attached hydrogens (tertiary/aromatic N) is 5. The number of rotatable bonds is 5. The van der Waals surface area contributed by atoms with Crippen LogP contribution in [0, 0.1) is 0 Å². The monoisotopic (exact) mass is 232 g/mol. The van der Waals surface area contributed by atoms with E-state index in [0.29, 0.717) is 0 Å². The van der Waals surface area contributed by atoms with Crippen LogP contribution in [-0.2, 0) is 13.5 Å². The molecule has 2 aromatic heterocycles. The van der Waals surface area contributed by atoms with Crippen LogP contribution in [0.15, 0.2) is 24.5 Å². The summed E-state index contributed by atoms with van der Waals surface area (Å²) in [6, 6.07) is 4.21. The highest BCUT2D eigenvalue weighted by atomic mass is 15.6. The molecule has 2 aromatic rings. The van der Waals surface area contributed by atoms with Crippen LogP contribution < -0.4 is 5.32 Å². The van der Waals surface area contributed by atoms with Gasteiger partial charge in [-0.05, 0) is 29.5 Å². The molecule has 0 aliphatic carbocycles. The number of hydrogen-bond donors (Lipinski definition) is 1. The van der Waals surface area contributed by atoms with Gasteiger partial charge in [0.25, 0.3) is 0 Å². The van der Waals surface area contributed by atoms with Crippen LogP contribution in [0.25, 0.3) is 0 Å². The Morgan fingerprint density at radius 1 is 1.35 bits per heavy atom. The Morgan fingerprint density at radius 3 is 2.71 bits per heavy atom. The lowest BCUT2D eigenvalue weighted by molar-refractivity contribution is 0.534. The zero-order valence-corrected chi connectivity index (χ0v) is 10.0. The predicted octanol–water partition coefficient (Wildman–Crippen LogP) is 0.498. The van der Waals surface area contributed by atoms with Gasteiger partial charge in [0.05, 0.1) is 7.05 Å². The van der Waals surface area contributed by atoms with Gasteiger partial charge in [0.1, 0.15) is 0 Å². The molecule has 2 heterocycles. The van der Waals surface area contributed by atoms with Crippen molar-refractivity contribution in [1.29, 1.82) is 0 Å². The summed E-state index contributed by atoms with van der Waals surface area (Å²) in [5.74, 6) is 0.746. The normalized spacial score (nSPS) is 12.6. The fourth-order valence-electron chi connectivity index (χ4n) is 1.74. The van der Waals surface area contributed by atoms with Crippen molar-refractivity contribution in [3.05, 3.63) is 35.9 Å². The van der Waals surface area contributed by atoms with Gasteiger partial charge in [-0.3, -0.25) is 4.98 Å². The van der Waals surface area contributed by atoms with Gasteiger partial charge in [-0.25, -0.2) is 0 Å². The van der Waals surface area contributed by atoms with Crippen molar-refractivity contribution in [2.45, 2.75) is 19.4 Å². The molecule has 0 saturated heterocycles. The summed E-state index contributed by atoms with van der Waals surface area (Å²) in [6.45, 7) is 2.98. The Kier molecular flexibility index (Phi) is 3.77. The first-order valence-corrected chi connectivity index (χ1v) is 5.65. The van der Waals surface area contributed by atoms with E-state index in [-0.39, 0.29) is 6.04 Å². The number of hydrogen-bond acceptors (Lipinski definition) is 5. The molecule has 0 saturated carbocycles. The van der Waals surface area contributed by atoms with Crippen LogP contribution in [0.4, 0.5) is 0 Å². The Morgan fingerprint density at radius 2 is 2.12 bits per heavy atom. The van der Waals surface area contributed by atoms with Crippen LogP contribution in [0.2, 0.25) is 0 Å². The lowest BCUT2D eigenvalue weighted by atomic mass is 10.1. The van der Waals surface area contributed by atoms with E-state index in [1.54, 1.807) is 19.4 Å². The Balaban J connectivity index is 2.13. The van der Waals surface area contributed by atoms with Gasteiger partial charge >= 0.3 is 0 Å². The second kappa shape index (κ2) is 5.49. The summed E-state index contributed by atoms with van der Waals surface area (Å²) in [6.07, 6.45) is 4.32. The molecule has 90 valence electrons. The van der Waals surface area contributed by atoms with Crippen molar-refractivity contribution in [2.24, 2.45) is 7.05 Å². The first-order chi connectivity index (χ1) is 8.29. The highest BCUT2D eigenvalue weighted by Gasteiger charge is 2.13. The van der Waals surface area contributed by atoms with Crippen LogP contribution >= 0.6 is 0 Å². The van der Waals surface area contributed by atoms with E-state index in [1.165, 1.54) is 10.4 Å². The minimum absolute atomic E-state index is 0.201. The molecule has 0 amide bonds. The van der Waals surface area contributed by atoms with Crippen LogP contribution in [0.3, 0.4) is 0 Å². The van der Waals surface area contributed by atoms with Crippen molar-refractivity contribution >= 4 is 0 Å². The first kappa shape index (κ1) is 11.7. The van der Waals surface area contributed by atoms with Crippen molar-refractivity contribution in [1.82, 2.24) is 30.5 Å². The van der Waals surface area contributed by atoms with Gasteiger partial charge in [-0.2, -0.15) is 4.80 Å². The summed E-state index contributed by atoms with van der Waals surface area (Å²) in [7, 11) is 1.77. The average Bonchev–Trinajstić information content (AvgIpc) is 2.75. The molecule has 6 nitrogen and oxygen atoms in total. The van der Waals surface area contributed by atoms with Gasteiger partial charge < -0.3 is 5.32 Å². The second-order valence-electron chi connectivity index (χ2n) is 3.79. The van der Waals surface area contributed by atoms with Gasteiger partial charge in [0.2, 0.25) is 0 Å². The Labute approximate surface area is 100 Å². The third kappa shape index (κ3) is 3.07. The minimum Gasteiger partial charge on any atom is -0.310 e. The largest absolute Gasteiger partial charge is 0.310 e. The molecule has 1 unspecified atom stereocenters. The van der Waals surface area contributed by atoms with Gasteiger partial charge in [-0.15, -0.1) is 10.2 Å². The third-order valence-electron chi connectivity index (χ3n) is 2.50. The van der Waals surface area contributed by atoms with Gasteiger partial charge in [0, 0.05) is 24.9 Å². The molecular formula is C11H16N6. The molecule has 2 rings (SSSR count). The van der Waals surface area contributed by atoms with E-state index in [0.717, 1.165) is 18.8 Å². The van der Waals surface area contributed by atoms with Crippen LogP contribution in [0.5, 0.6) is 0 Å². The van der Waals surface area contributed by atoms with Crippen molar-refractivity contribution in [3.63, 3.8) is 0 Å². The Hall–Kier alpha value is -1.82. The molecule has 0 aromatic carbocycles. The van der Waals surface area contributed by atoms with Crippen LogP contribution in [0.1, 0.15) is 24.4 Å². The predicted molar refractivity (Wildman–Crippen MR) is 63.2 cm³/mol. The SMILES string of the molecule is CCNC(Cc1nnn(C)n1)c1ccncc1. The van der Waals surface area contributed by atoms with E-state index in [2.05, 4.69) is 32.6 Å². The van der Waals surface area contributed by atoms with Gasteiger partial charge in [-0.1, -0.05) is 6.92 Å². The number of likely N-dealkylation sites (N-methyl/N-ethyl adjacent to an activating group) is 1. The molecule has 1 N–H and O–H groups in total. The zero-order valence-electron chi connectivity index (χ0n) is 10.0. The third-order valence-corrected chi connectivity index (χ3v) is 2.50. The van der Waals surface area contributed by atoms with E-state index in [4.69, 9.17) is 0 Å². The fraction of sp³-hybridized carbons (Fsp3) is 0.455. The number of tetrazole rings is 1. The van der Waals surface area contributed by atoms with E-state index >= 15 is 0 Å². The molecule has 1 atom stereocenters. The molecular weight excluding hydrogens is 216 g/mol. The van der Waals surface area contributed by atoms with Crippen molar-refractivity contribution in [3.8, 4) is 0 Å². The maximum atomic E-state index is 4.20. The maximum Gasteiger partial charge on any atom is 0.176 e. The zero-order chi connectivity index (χ0) is 12.1. The molecule has 0 aliphatic rings. The number of pyridine rings is 1. The molecule has 0 fully saturated rings. The van der Waals surface area contributed by atoms with E-state index in [1.807, 2.05) is 12.1 Å². The summed E-state index contributed by atoms with van der Waals surface area (Å²) in [5, 5.41) is 15.5. The molecule has 0 bridgehead atoms. The second-order valence-corrected chi connectivity index (χ2v) is 3.79. The first-order valence-electron chi connectivity index (χ1n) is 5.65. The fourth-order valence-corrected chi connectivity index (χ4v) is 1.74. The van der Waals surface area contributed by atoms with Crippen molar-refractivity contribution in [2.75, 3.05) is 6.54 Å².